The molecule has 2 N–H and O–H groups in total. The van der Waals surface area contributed by atoms with Gasteiger partial charge in [0.2, 0.25) is 0 Å². The van der Waals surface area contributed by atoms with Gasteiger partial charge in [-0.05, 0) is 25.0 Å². The molecular formula is C13H16ClN5. The zero-order valence-corrected chi connectivity index (χ0v) is 11.3. The van der Waals surface area contributed by atoms with E-state index in [0.29, 0.717) is 16.9 Å². The minimum absolute atomic E-state index is 0.425. The summed E-state index contributed by atoms with van der Waals surface area (Å²) in [5, 5.41) is 5.00. The lowest BCUT2D eigenvalue weighted by molar-refractivity contribution is 0.368. The van der Waals surface area contributed by atoms with Crippen LogP contribution < -0.4 is 10.6 Å². The summed E-state index contributed by atoms with van der Waals surface area (Å²) in [6.07, 6.45) is 7.51. The Morgan fingerprint density at radius 3 is 2.68 bits per heavy atom. The summed E-state index contributed by atoms with van der Waals surface area (Å²) in [6.45, 7) is 1.93. The van der Waals surface area contributed by atoms with Crippen LogP contribution in [-0.4, -0.2) is 27.9 Å². The molecule has 1 aliphatic rings. The fourth-order valence-corrected chi connectivity index (χ4v) is 2.79. The van der Waals surface area contributed by atoms with Crippen molar-refractivity contribution in [3.8, 4) is 0 Å². The Morgan fingerprint density at radius 2 is 2.05 bits per heavy atom. The summed E-state index contributed by atoms with van der Waals surface area (Å²) >= 11 is 6.18. The molecule has 0 saturated carbocycles. The maximum absolute atomic E-state index is 6.18. The zero-order chi connectivity index (χ0) is 13.2. The maximum atomic E-state index is 6.18. The lowest BCUT2D eigenvalue weighted by atomic mass is 10.0. The second-order valence-corrected chi connectivity index (χ2v) is 5.17. The largest absolute Gasteiger partial charge is 0.382 e. The molecule has 2 aromatic heterocycles. The van der Waals surface area contributed by atoms with Gasteiger partial charge in [-0.2, -0.15) is 5.10 Å². The van der Waals surface area contributed by atoms with Crippen molar-refractivity contribution in [1.29, 1.82) is 0 Å². The molecule has 1 saturated heterocycles. The third-order valence-electron chi connectivity index (χ3n) is 3.56. The summed E-state index contributed by atoms with van der Waals surface area (Å²) in [7, 11) is 0. The van der Waals surface area contributed by atoms with E-state index in [4.69, 9.17) is 17.3 Å². The Balaban J connectivity index is 1.68. The van der Waals surface area contributed by atoms with Gasteiger partial charge in [-0.1, -0.05) is 11.6 Å². The number of hydrogen-bond acceptors (Lipinski definition) is 4. The third kappa shape index (κ3) is 2.51. The van der Waals surface area contributed by atoms with E-state index in [2.05, 4.69) is 15.0 Å². The summed E-state index contributed by atoms with van der Waals surface area (Å²) in [4.78, 5) is 6.32. The van der Waals surface area contributed by atoms with Crippen LogP contribution in [0.4, 0.5) is 11.5 Å². The second-order valence-electron chi connectivity index (χ2n) is 4.77. The van der Waals surface area contributed by atoms with E-state index >= 15 is 0 Å². The quantitative estimate of drug-likeness (QED) is 0.915. The van der Waals surface area contributed by atoms with Gasteiger partial charge in [-0.25, -0.2) is 0 Å². The molecular weight excluding hydrogens is 262 g/mol. The normalized spacial score (nSPS) is 16.8. The van der Waals surface area contributed by atoms with Gasteiger partial charge in [-0.3, -0.25) is 9.67 Å². The van der Waals surface area contributed by atoms with Gasteiger partial charge in [-0.15, -0.1) is 0 Å². The molecule has 0 spiro atoms. The monoisotopic (exact) mass is 277 g/mol. The standard InChI is InChI=1S/C13H16ClN5/c14-11-9-16-5-1-12(11)18-6-2-10(3-7-18)19-8-4-13(15)17-19/h1,4-5,8-10H,2-3,6-7H2,(H2,15,17). The number of piperidine rings is 1. The maximum Gasteiger partial charge on any atom is 0.145 e. The molecule has 0 aromatic carbocycles. The fraction of sp³-hybridized carbons (Fsp3) is 0.385. The molecule has 6 heteroatoms. The van der Waals surface area contributed by atoms with E-state index in [1.807, 2.05) is 23.0 Å². The molecule has 0 aliphatic carbocycles. The predicted molar refractivity (Wildman–Crippen MR) is 76.4 cm³/mol. The van der Waals surface area contributed by atoms with Crippen LogP contribution in [0.3, 0.4) is 0 Å². The number of aromatic nitrogens is 3. The topological polar surface area (TPSA) is 60.0 Å². The van der Waals surface area contributed by atoms with Crippen molar-refractivity contribution < 1.29 is 0 Å². The van der Waals surface area contributed by atoms with Crippen LogP contribution in [0, 0.1) is 0 Å². The highest BCUT2D eigenvalue weighted by Gasteiger charge is 2.22. The van der Waals surface area contributed by atoms with E-state index in [0.717, 1.165) is 31.6 Å². The highest BCUT2D eigenvalue weighted by atomic mass is 35.5. The van der Waals surface area contributed by atoms with Gasteiger partial charge in [0.25, 0.3) is 0 Å². The number of pyridine rings is 1. The molecule has 19 heavy (non-hydrogen) atoms. The molecule has 0 unspecified atom stereocenters. The smallest absolute Gasteiger partial charge is 0.145 e. The van der Waals surface area contributed by atoms with E-state index in [1.165, 1.54) is 0 Å². The molecule has 0 bridgehead atoms. The van der Waals surface area contributed by atoms with Crippen molar-refractivity contribution in [3.63, 3.8) is 0 Å². The minimum atomic E-state index is 0.425. The third-order valence-corrected chi connectivity index (χ3v) is 3.85. The number of rotatable bonds is 2. The molecule has 100 valence electrons. The summed E-state index contributed by atoms with van der Waals surface area (Å²) < 4.78 is 1.97. The van der Waals surface area contributed by atoms with Gasteiger partial charge in [0.05, 0.1) is 16.8 Å². The molecule has 3 rings (SSSR count). The number of nitrogen functional groups attached to an aromatic ring is 1. The van der Waals surface area contributed by atoms with Crippen molar-refractivity contribution in [2.24, 2.45) is 0 Å². The van der Waals surface area contributed by atoms with Gasteiger partial charge in [0, 0.05) is 31.7 Å². The predicted octanol–water partition coefficient (Wildman–Crippen LogP) is 2.36. The number of halogens is 1. The lowest BCUT2D eigenvalue weighted by Crippen LogP contribution is -2.35. The Hall–Kier alpha value is -1.75. The van der Waals surface area contributed by atoms with Gasteiger partial charge in [0.1, 0.15) is 5.82 Å². The number of anilines is 2. The second kappa shape index (κ2) is 5.09. The van der Waals surface area contributed by atoms with E-state index in [9.17, 15) is 0 Å². The molecule has 0 atom stereocenters. The molecule has 5 nitrogen and oxygen atoms in total. The fourth-order valence-electron chi connectivity index (χ4n) is 2.55. The van der Waals surface area contributed by atoms with Crippen LogP contribution in [0.15, 0.2) is 30.7 Å². The van der Waals surface area contributed by atoms with Crippen LogP contribution in [0.1, 0.15) is 18.9 Å². The molecule has 0 amide bonds. The Bertz CT molecular complexity index is 560. The van der Waals surface area contributed by atoms with Crippen molar-refractivity contribution >= 4 is 23.1 Å². The summed E-state index contributed by atoms with van der Waals surface area (Å²) in [5.41, 5.74) is 6.72. The van der Waals surface area contributed by atoms with Crippen LogP contribution in [-0.2, 0) is 0 Å². The van der Waals surface area contributed by atoms with Gasteiger partial charge in [0.15, 0.2) is 0 Å². The van der Waals surface area contributed by atoms with Crippen LogP contribution in [0.25, 0.3) is 0 Å². The first kappa shape index (κ1) is 12.3. The highest BCUT2D eigenvalue weighted by molar-refractivity contribution is 6.33. The number of hydrogen-bond donors (Lipinski definition) is 1. The van der Waals surface area contributed by atoms with Crippen LogP contribution in [0.5, 0.6) is 0 Å². The SMILES string of the molecule is Nc1ccn(C2CCN(c3ccncc3Cl)CC2)n1. The van der Waals surface area contributed by atoms with Crippen molar-refractivity contribution in [2.45, 2.75) is 18.9 Å². The van der Waals surface area contributed by atoms with Crippen LogP contribution >= 0.6 is 11.6 Å². The first-order valence-electron chi connectivity index (χ1n) is 6.39. The zero-order valence-electron chi connectivity index (χ0n) is 10.5. The molecule has 3 heterocycles. The molecule has 0 radical (unpaired) electrons. The van der Waals surface area contributed by atoms with E-state index < -0.39 is 0 Å². The van der Waals surface area contributed by atoms with E-state index in [1.54, 1.807) is 12.4 Å². The summed E-state index contributed by atoms with van der Waals surface area (Å²) in [5.74, 6) is 0.583. The number of nitrogens with zero attached hydrogens (tertiary/aromatic N) is 4. The minimum Gasteiger partial charge on any atom is -0.382 e. The van der Waals surface area contributed by atoms with E-state index in [-0.39, 0.29) is 0 Å². The van der Waals surface area contributed by atoms with Crippen molar-refractivity contribution in [3.05, 3.63) is 35.7 Å². The van der Waals surface area contributed by atoms with Gasteiger partial charge >= 0.3 is 0 Å². The van der Waals surface area contributed by atoms with Crippen molar-refractivity contribution in [1.82, 2.24) is 14.8 Å². The molecule has 1 aliphatic heterocycles. The van der Waals surface area contributed by atoms with Crippen LogP contribution in [0.2, 0.25) is 5.02 Å². The first-order valence-corrected chi connectivity index (χ1v) is 6.77. The summed E-state index contributed by atoms with van der Waals surface area (Å²) in [6, 6.07) is 4.23. The molecule has 2 aromatic rings. The molecule has 1 fully saturated rings. The van der Waals surface area contributed by atoms with Crippen molar-refractivity contribution in [2.75, 3.05) is 23.7 Å². The average molecular weight is 278 g/mol. The first-order chi connectivity index (χ1) is 9.24. The lowest BCUT2D eigenvalue weighted by Gasteiger charge is -2.34. The van der Waals surface area contributed by atoms with Gasteiger partial charge < -0.3 is 10.6 Å². The average Bonchev–Trinajstić information content (AvgIpc) is 2.86. The Kier molecular flexibility index (Phi) is 3.29. The Morgan fingerprint density at radius 1 is 1.26 bits per heavy atom. The highest BCUT2D eigenvalue weighted by Crippen LogP contribution is 2.30. The number of nitrogens with two attached hydrogens (primary N) is 1. The Labute approximate surface area is 117 Å².